The van der Waals surface area contributed by atoms with E-state index in [-0.39, 0.29) is 41.8 Å². The van der Waals surface area contributed by atoms with E-state index in [4.69, 9.17) is 4.74 Å². The number of nitrogens with one attached hydrogen (secondary N) is 2. The fraction of sp³-hybridized carbons (Fsp3) is 0.526. The second-order valence-corrected chi connectivity index (χ2v) is 6.19. The van der Waals surface area contributed by atoms with Crippen LogP contribution in [-0.4, -0.2) is 56.5 Å². The van der Waals surface area contributed by atoms with Crippen LogP contribution in [0.2, 0.25) is 0 Å². The number of likely N-dealkylation sites (tertiary alicyclic amines) is 1. The van der Waals surface area contributed by atoms with Gasteiger partial charge in [-0.2, -0.15) is 0 Å². The molecule has 150 valence electrons. The molecule has 0 aromatic heterocycles. The number of esters is 1. The van der Waals surface area contributed by atoms with Gasteiger partial charge in [0.15, 0.2) is 5.96 Å². The van der Waals surface area contributed by atoms with Crippen LogP contribution in [0, 0.1) is 5.92 Å². The molecule has 2 rings (SSSR count). The number of ether oxygens (including phenoxy) is 1. The predicted octanol–water partition coefficient (Wildman–Crippen LogP) is 2.01. The molecule has 1 aliphatic rings. The second-order valence-electron chi connectivity index (χ2n) is 6.19. The van der Waals surface area contributed by atoms with Crippen LogP contribution in [0.25, 0.3) is 0 Å². The van der Waals surface area contributed by atoms with Gasteiger partial charge in [0, 0.05) is 39.3 Å². The molecule has 27 heavy (non-hydrogen) atoms. The summed E-state index contributed by atoms with van der Waals surface area (Å²) >= 11 is 0. The van der Waals surface area contributed by atoms with Gasteiger partial charge in [0.1, 0.15) is 0 Å². The van der Waals surface area contributed by atoms with Crippen molar-refractivity contribution in [1.82, 2.24) is 15.5 Å². The van der Waals surface area contributed by atoms with E-state index in [2.05, 4.69) is 20.5 Å². The van der Waals surface area contributed by atoms with Crippen LogP contribution in [0.3, 0.4) is 0 Å². The predicted molar refractivity (Wildman–Crippen MR) is 116 cm³/mol. The highest BCUT2D eigenvalue weighted by Gasteiger charge is 2.27. The molecule has 2 N–H and O–H groups in total. The summed E-state index contributed by atoms with van der Waals surface area (Å²) in [7, 11) is 3.38. The van der Waals surface area contributed by atoms with E-state index in [1.807, 2.05) is 31.2 Å². The Morgan fingerprint density at radius 2 is 1.85 bits per heavy atom. The largest absolute Gasteiger partial charge is 0.466 e. The minimum atomic E-state index is -0.0928. The molecule has 7 nitrogen and oxygen atoms in total. The lowest BCUT2D eigenvalue weighted by Crippen LogP contribution is -2.46. The van der Waals surface area contributed by atoms with Crippen molar-refractivity contribution in [2.24, 2.45) is 10.9 Å². The van der Waals surface area contributed by atoms with Crippen molar-refractivity contribution < 1.29 is 14.3 Å². The van der Waals surface area contributed by atoms with Crippen molar-refractivity contribution in [3.8, 4) is 0 Å². The van der Waals surface area contributed by atoms with E-state index < -0.39 is 0 Å². The molecule has 0 bridgehead atoms. The number of rotatable bonds is 5. The SMILES string of the molecule is CCOC(=O)C1CCN(C(=NC)NCc2ccc(C(=O)NC)cc2)CC1.I. The topological polar surface area (TPSA) is 83.0 Å². The summed E-state index contributed by atoms with van der Waals surface area (Å²) in [6.07, 6.45) is 1.56. The molecule has 0 aliphatic carbocycles. The van der Waals surface area contributed by atoms with E-state index in [1.165, 1.54) is 0 Å². The van der Waals surface area contributed by atoms with Crippen LogP contribution in [0.15, 0.2) is 29.3 Å². The number of carbonyl (C=O) groups excluding carboxylic acids is 2. The molecule has 1 aliphatic heterocycles. The van der Waals surface area contributed by atoms with Crippen molar-refractivity contribution in [2.45, 2.75) is 26.3 Å². The number of hydrogen-bond donors (Lipinski definition) is 2. The highest BCUT2D eigenvalue weighted by molar-refractivity contribution is 14.0. The Kier molecular flexibility index (Phi) is 10.1. The van der Waals surface area contributed by atoms with E-state index in [0.717, 1.165) is 37.5 Å². The molecule has 0 saturated carbocycles. The molecule has 0 unspecified atom stereocenters. The molecular formula is C19H29IN4O3. The summed E-state index contributed by atoms with van der Waals surface area (Å²) < 4.78 is 5.11. The Bertz CT molecular complexity index is 641. The number of amides is 1. The molecule has 1 aromatic carbocycles. The van der Waals surface area contributed by atoms with E-state index >= 15 is 0 Å². The van der Waals surface area contributed by atoms with E-state index in [0.29, 0.717) is 18.7 Å². The monoisotopic (exact) mass is 488 g/mol. The average molecular weight is 488 g/mol. The number of guanidine groups is 1. The number of halogens is 1. The molecule has 8 heteroatoms. The van der Waals surface area contributed by atoms with Crippen LogP contribution in [0.1, 0.15) is 35.7 Å². The maximum Gasteiger partial charge on any atom is 0.309 e. The van der Waals surface area contributed by atoms with Gasteiger partial charge in [-0.15, -0.1) is 24.0 Å². The maximum atomic E-state index is 11.8. The third-order valence-corrected chi connectivity index (χ3v) is 4.52. The van der Waals surface area contributed by atoms with Crippen molar-refractivity contribution >= 4 is 41.8 Å². The van der Waals surface area contributed by atoms with Crippen molar-refractivity contribution in [3.05, 3.63) is 35.4 Å². The van der Waals surface area contributed by atoms with Gasteiger partial charge in [-0.1, -0.05) is 12.1 Å². The van der Waals surface area contributed by atoms with Gasteiger partial charge in [0.25, 0.3) is 5.91 Å². The highest BCUT2D eigenvalue weighted by atomic mass is 127. The fourth-order valence-electron chi connectivity index (χ4n) is 3.02. The van der Waals surface area contributed by atoms with Crippen LogP contribution >= 0.6 is 24.0 Å². The molecular weight excluding hydrogens is 459 g/mol. The number of aliphatic imine (C=N–C) groups is 1. The lowest BCUT2D eigenvalue weighted by molar-refractivity contribution is -0.149. The Balaban J connectivity index is 0.00000364. The Hall–Kier alpha value is -1.84. The zero-order valence-electron chi connectivity index (χ0n) is 16.2. The first-order valence-corrected chi connectivity index (χ1v) is 9.02. The van der Waals surface area contributed by atoms with Gasteiger partial charge in [-0.3, -0.25) is 14.6 Å². The first kappa shape index (κ1) is 23.2. The van der Waals surface area contributed by atoms with Crippen molar-refractivity contribution in [1.29, 1.82) is 0 Å². The smallest absolute Gasteiger partial charge is 0.309 e. The Labute approximate surface area is 178 Å². The summed E-state index contributed by atoms with van der Waals surface area (Å²) in [6, 6.07) is 7.47. The first-order valence-electron chi connectivity index (χ1n) is 9.02. The molecule has 0 spiro atoms. The van der Waals surface area contributed by atoms with E-state index in [9.17, 15) is 9.59 Å². The number of nitrogens with zero attached hydrogens (tertiary/aromatic N) is 2. The van der Waals surface area contributed by atoms with Gasteiger partial charge < -0.3 is 20.3 Å². The maximum absolute atomic E-state index is 11.8. The third kappa shape index (κ3) is 6.67. The highest BCUT2D eigenvalue weighted by Crippen LogP contribution is 2.18. The minimum absolute atomic E-state index is 0. The quantitative estimate of drug-likeness (QED) is 0.287. The summed E-state index contributed by atoms with van der Waals surface area (Å²) in [5.41, 5.74) is 1.71. The molecule has 1 aromatic rings. The molecule has 1 fully saturated rings. The molecule has 1 saturated heterocycles. The number of benzene rings is 1. The summed E-state index contributed by atoms with van der Waals surface area (Å²) in [5, 5.41) is 5.96. The average Bonchev–Trinajstić information content (AvgIpc) is 2.69. The molecule has 0 radical (unpaired) electrons. The zero-order valence-corrected chi connectivity index (χ0v) is 18.5. The van der Waals surface area contributed by atoms with Crippen molar-refractivity contribution in [3.63, 3.8) is 0 Å². The van der Waals surface area contributed by atoms with Gasteiger partial charge in [-0.05, 0) is 37.5 Å². The van der Waals surface area contributed by atoms with Crippen LogP contribution in [0.4, 0.5) is 0 Å². The Morgan fingerprint density at radius 3 is 2.37 bits per heavy atom. The van der Waals surface area contributed by atoms with Gasteiger partial charge >= 0.3 is 5.97 Å². The summed E-state index contributed by atoms with van der Waals surface area (Å²) in [4.78, 5) is 29.9. The summed E-state index contributed by atoms with van der Waals surface area (Å²) in [5.74, 6) is 0.625. The third-order valence-electron chi connectivity index (χ3n) is 4.52. The first-order chi connectivity index (χ1) is 12.6. The van der Waals surface area contributed by atoms with Crippen LogP contribution in [-0.2, 0) is 16.1 Å². The summed E-state index contributed by atoms with van der Waals surface area (Å²) in [6.45, 7) is 4.44. The lowest BCUT2D eigenvalue weighted by Gasteiger charge is -2.33. The number of piperidine rings is 1. The number of hydrogen-bond acceptors (Lipinski definition) is 4. The number of carbonyl (C=O) groups is 2. The normalized spacial score (nSPS) is 14.9. The van der Waals surface area contributed by atoms with Gasteiger partial charge in [0.05, 0.1) is 12.5 Å². The van der Waals surface area contributed by atoms with E-state index in [1.54, 1.807) is 14.1 Å². The fourth-order valence-corrected chi connectivity index (χ4v) is 3.02. The van der Waals surface area contributed by atoms with Gasteiger partial charge in [0.2, 0.25) is 0 Å². The van der Waals surface area contributed by atoms with Crippen molar-refractivity contribution in [2.75, 3.05) is 33.8 Å². The standard InChI is InChI=1S/C19H28N4O3.HI/c1-4-26-18(25)16-9-11-23(12-10-16)19(21-3)22-13-14-5-7-15(8-6-14)17(24)20-2;/h5-8,16H,4,9-13H2,1-3H3,(H,20,24)(H,21,22);1H. The Morgan fingerprint density at radius 1 is 1.22 bits per heavy atom. The van der Waals surface area contributed by atoms with Crippen LogP contribution in [0.5, 0.6) is 0 Å². The lowest BCUT2D eigenvalue weighted by atomic mass is 9.97. The molecule has 0 atom stereocenters. The molecule has 1 heterocycles. The van der Waals surface area contributed by atoms with Crippen LogP contribution < -0.4 is 10.6 Å². The zero-order chi connectivity index (χ0) is 18.9. The van der Waals surface area contributed by atoms with Gasteiger partial charge in [-0.25, -0.2) is 0 Å². The molecule has 1 amide bonds. The minimum Gasteiger partial charge on any atom is -0.466 e. The second kappa shape index (κ2) is 11.8.